The van der Waals surface area contributed by atoms with E-state index in [4.69, 9.17) is 22.1 Å². The van der Waals surface area contributed by atoms with E-state index in [1.165, 1.54) is 0 Å². The van der Waals surface area contributed by atoms with Gasteiger partial charge in [-0.25, -0.2) is 8.42 Å². The van der Waals surface area contributed by atoms with Crippen molar-refractivity contribution in [1.82, 2.24) is 14.9 Å². The highest BCUT2D eigenvalue weighted by atomic mass is 35.5. The highest BCUT2D eigenvalue weighted by Gasteiger charge is 2.48. The van der Waals surface area contributed by atoms with Gasteiger partial charge in [-0.3, -0.25) is 4.79 Å². The van der Waals surface area contributed by atoms with Gasteiger partial charge in [0.1, 0.15) is 0 Å². The quantitative estimate of drug-likeness (QED) is 0.443. The SMILES string of the molecule is C[C@@H]1C[C@](c2ccc(Cl)cc2)([C@H](N)C(=O)N[C@H]2CCCC[C@@H]2CC[C@H]2CN[C@@H]3CCCS(=O)(=O)N2C3)C[C@H](C)O1. The Balaban J connectivity index is 1.28. The summed E-state index contributed by atoms with van der Waals surface area (Å²) in [5.74, 6) is 0.459. The molecule has 10 heteroatoms. The Morgan fingerprint density at radius 3 is 2.55 bits per heavy atom. The second-order valence-corrected chi connectivity index (χ2v) is 15.3. The molecule has 1 aliphatic carbocycles. The highest BCUT2D eigenvalue weighted by molar-refractivity contribution is 7.89. The first kappa shape index (κ1) is 30.2. The average Bonchev–Trinajstić information content (AvgIpc) is 3.03. The molecule has 0 aromatic heterocycles. The number of halogens is 1. The number of ether oxygens (including phenoxy) is 1. The number of nitrogens with one attached hydrogen (secondary N) is 2. The summed E-state index contributed by atoms with van der Waals surface area (Å²) in [4.78, 5) is 13.9. The van der Waals surface area contributed by atoms with Crippen molar-refractivity contribution < 1.29 is 17.9 Å². The molecule has 1 amide bonds. The third kappa shape index (κ3) is 6.55. The Morgan fingerprint density at radius 1 is 1.12 bits per heavy atom. The first-order valence-corrected chi connectivity index (χ1v) is 17.3. The number of sulfonamides is 1. The van der Waals surface area contributed by atoms with Crippen molar-refractivity contribution >= 4 is 27.5 Å². The third-order valence-electron chi connectivity index (χ3n) is 9.93. The molecule has 1 unspecified atom stereocenters. The number of hydrogen-bond donors (Lipinski definition) is 3. The lowest BCUT2D eigenvalue weighted by Gasteiger charge is -2.47. The van der Waals surface area contributed by atoms with Gasteiger partial charge in [-0.1, -0.05) is 36.6 Å². The first-order chi connectivity index (χ1) is 19.1. The fourth-order valence-corrected chi connectivity index (χ4v) is 9.90. The van der Waals surface area contributed by atoms with E-state index in [2.05, 4.69) is 24.5 Å². The van der Waals surface area contributed by atoms with E-state index in [-0.39, 0.29) is 42.0 Å². The van der Waals surface area contributed by atoms with Crippen molar-refractivity contribution in [2.24, 2.45) is 11.7 Å². The lowest BCUT2D eigenvalue weighted by molar-refractivity contribution is -0.129. The highest BCUT2D eigenvalue weighted by Crippen LogP contribution is 2.42. The monoisotopic (exact) mass is 594 g/mol. The largest absolute Gasteiger partial charge is 0.375 e. The van der Waals surface area contributed by atoms with Crippen LogP contribution in [0.4, 0.5) is 0 Å². The summed E-state index contributed by atoms with van der Waals surface area (Å²) in [5.41, 5.74) is 7.38. The van der Waals surface area contributed by atoms with E-state index in [1.54, 1.807) is 4.31 Å². The van der Waals surface area contributed by atoms with E-state index in [0.717, 1.165) is 56.9 Å². The van der Waals surface area contributed by atoms with Gasteiger partial charge in [-0.15, -0.1) is 0 Å². The molecule has 0 spiro atoms. The van der Waals surface area contributed by atoms with Gasteiger partial charge >= 0.3 is 0 Å². The van der Waals surface area contributed by atoms with Gasteiger partial charge in [0.2, 0.25) is 15.9 Å². The average molecular weight is 595 g/mol. The molecule has 1 aromatic rings. The predicted molar refractivity (Wildman–Crippen MR) is 159 cm³/mol. The van der Waals surface area contributed by atoms with Crippen molar-refractivity contribution in [3.05, 3.63) is 34.9 Å². The number of nitrogens with two attached hydrogens (primary N) is 1. The molecule has 4 N–H and O–H groups in total. The van der Waals surface area contributed by atoms with Crippen LogP contribution >= 0.6 is 11.6 Å². The van der Waals surface area contributed by atoms with Crippen LogP contribution in [0.25, 0.3) is 0 Å². The van der Waals surface area contributed by atoms with Crippen molar-refractivity contribution in [2.75, 3.05) is 18.8 Å². The lowest BCUT2D eigenvalue weighted by atomic mass is 9.65. The van der Waals surface area contributed by atoms with Gasteiger partial charge in [-0.05, 0) is 88.8 Å². The molecule has 3 aliphatic heterocycles. The number of fused-ring (bicyclic) bond motifs is 2. The number of carbonyl (C=O) groups is 1. The first-order valence-electron chi connectivity index (χ1n) is 15.3. The van der Waals surface area contributed by atoms with Crippen LogP contribution in [0.3, 0.4) is 0 Å². The predicted octanol–water partition coefficient (Wildman–Crippen LogP) is 3.71. The molecule has 3 saturated heterocycles. The summed E-state index contributed by atoms with van der Waals surface area (Å²) >= 11 is 6.20. The summed E-state index contributed by atoms with van der Waals surface area (Å²) in [6, 6.07) is 7.34. The Hall–Kier alpha value is -1.23. The van der Waals surface area contributed by atoms with Crippen molar-refractivity contribution in [3.63, 3.8) is 0 Å². The maximum absolute atomic E-state index is 13.9. The standard InChI is InChI=1S/C30H47ClN4O4S/c1-20-16-30(17-21(2)39-20,23-10-12-24(31)13-11-23)28(32)29(36)34-27-8-4-3-6-22(27)9-14-26-18-33-25-7-5-15-40(37,38)35(26)19-25/h10-13,20-22,25-28,33H,3-9,14-19,32H2,1-2H3,(H,34,36)/t20-,21+,22-,25-,26+,27+,28-,30+/m1/s1. The Labute approximate surface area is 245 Å². The molecular weight excluding hydrogens is 548 g/mol. The molecule has 5 rings (SSSR count). The Bertz CT molecular complexity index is 1120. The minimum absolute atomic E-state index is 0.0142. The topological polar surface area (TPSA) is 114 Å². The lowest BCUT2D eigenvalue weighted by Crippen LogP contribution is -2.60. The third-order valence-corrected chi connectivity index (χ3v) is 12.2. The zero-order valence-electron chi connectivity index (χ0n) is 24.0. The maximum atomic E-state index is 13.9. The molecule has 8 nitrogen and oxygen atoms in total. The Morgan fingerprint density at radius 2 is 1.82 bits per heavy atom. The number of piperazine rings is 1. The van der Waals surface area contributed by atoms with Gasteiger partial charge in [0.05, 0.1) is 24.0 Å². The van der Waals surface area contributed by atoms with Crippen molar-refractivity contribution in [2.45, 2.75) is 120 Å². The van der Waals surface area contributed by atoms with Crippen LogP contribution in [0.5, 0.6) is 0 Å². The van der Waals surface area contributed by atoms with Gasteiger partial charge in [-0.2, -0.15) is 4.31 Å². The molecule has 3 heterocycles. The minimum atomic E-state index is -3.21. The maximum Gasteiger partial charge on any atom is 0.238 e. The summed E-state index contributed by atoms with van der Waals surface area (Å²) in [6.07, 6.45) is 8.84. The van der Waals surface area contributed by atoms with Gasteiger partial charge < -0.3 is 21.1 Å². The molecule has 4 aliphatic rings. The van der Waals surface area contributed by atoms with E-state index in [0.29, 0.717) is 36.9 Å². The summed E-state index contributed by atoms with van der Waals surface area (Å²) in [5, 5.41) is 7.62. The minimum Gasteiger partial charge on any atom is -0.375 e. The molecular formula is C30H47ClN4O4S. The van der Waals surface area contributed by atoms with Crippen molar-refractivity contribution in [1.29, 1.82) is 0 Å². The summed E-state index contributed by atoms with van der Waals surface area (Å²) in [6.45, 7) is 5.39. The summed E-state index contributed by atoms with van der Waals surface area (Å²) in [7, 11) is -3.21. The number of rotatable bonds is 7. The molecule has 0 radical (unpaired) electrons. The molecule has 1 saturated carbocycles. The molecule has 40 heavy (non-hydrogen) atoms. The van der Waals surface area contributed by atoms with Crippen LogP contribution in [0, 0.1) is 5.92 Å². The zero-order chi connectivity index (χ0) is 28.5. The fraction of sp³-hybridized carbons (Fsp3) is 0.767. The molecule has 1 aromatic carbocycles. The normalized spacial score (nSPS) is 38.6. The zero-order valence-corrected chi connectivity index (χ0v) is 25.6. The number of nitrogens with zero attached hydrogens (tertiary/aromatic N) is 1. The molecule has 2 bridgehead atoms. The van der Waals surface area contributed by atoms with Crippen LogP contribution < -0.4 is 16.4 Å². The van der Waals surface area contributed by atoms with Crippen LogP contribution in [0.1, 0.15) is 83.6 Å². The van der Waals surface area contributed by atoms with Gasteiger partial charge in [0, 0.05) is 41.7 Å². The molecule has 224 valence electrons. The molecule has 4 fully saturated rings. The number of amides is 1. The van der Waals surface area contributed by atoms with E-state index in [1.807, 2.05) is 24.3 Å². The van der Waals surface area contributed by atoms with Crippen molar-refractivity contribution in [3.8, 4) is 0 Å². The number of benzene rings is 1. The smallest absolute Gasteiger partial charge is 0.238 e. The van der Waals surface area contributed by atoms with Crippen LogP contribution in [0.2, 0.25) is 5.02 Å². The van der Waals surface area contributed by atoms with Crippen LogP contribution in [-0.4, -0.2) is 73.8 Å². The number of hydrogen-bond acceptors (Lipinski definition) is 6. The van der Waals surface area contributed by atoms with Crippen LogP contribution in [-0.2, 0) is 25.0 Å². The number of carbonyl (C=O) groups excluding carboxylic acids is 1. The molecule has 9 atom stereocenters. The van der Waals surface area contributed by atoms with E-state index in [9.17, 15) is 13.2 Å². The van der Waals surface area contributed by atoms with E-state index >= 15 is 0 Å². The van der Waals surface area contributed by atoms with Crippen LogP contribution in [0.15, 0.2) is 24.3 Å². The van der Waals surface area contributed by atoms with Gasteiger partial charge in [0.25, 0.3) is 0 Å². The summed E-state index contributed by atoms with van der Waals surface area (Å²) < 4.78 is 33.7. The second-order valence-electron chi connectivity index (χ2n) is 12.8. The van der Waals surface area contributed by atoms with Gasteiger partial charge in [0.15, 0.2) is 0 Å². The fourth-order valence-electron chi connectivity index (χ4n) is 7.97. The Kier molecular flexibility index (Phi) is 9.49. The second kappa shape index (κ2) is 12.6. The van der Waals surface area contributed by atoms with E-state index < -0.39 is 21.5 Å².